The molecule has 1 saturated carbocycles. The van der Waals surface area contributed by atoms with E-state index >= 15 is 0 Å². The van der Waals surface area contributed by atoms with Gasteiger partial charge < -0.3 is 5.32 Å². The van der Waals surface area contributed by atoms with E-state index in [1.165, 1.54) is 12.1 Å². The molecule has 0 atom stereocenters. The smallest absolute Gasteiger partial charge is 0.190 e. The molecule has 1 aromatic heterocycles. The molecule has 1 aliphatic carbocycles. The van der Waals surface area contributed by atoms with E-state index in [1.54, 1.807) is 23.9 Å². The summed E-state index contributed by atoms with van der Waals surface area (Å²) in [5.41, 5.74) is 1.70. The Hall–Kier alpha value is -2.13. The summed E-state index contributed by atoms with van der Waals surface area (Å²) in [5, 5.41) is 13.5. The third kappa shape index (κ3) is 3.80. The summed E-state index contributed by atoms with van der Waals surface area (Å²) in [6, 6.07) is 8.65. The van der Waals surface area contributed by atoms with Gasteiger partial charge in [0, 0.05) is 17.4 Å². The van der Waals surface area contributed by atoms with Crippen molar-refractivity contribution in [1.29, 1.82) is 5.26 Å². The first-order chi connectivity index (χ1) is 11.2. The van der Waals surface area contributed by atoms with Crippen LogP contribution < -0.4 is 5.32 Å². The Morgan fingerprint density at radius 3 is 2.65 bits per heavy atom. The summed E-state index contributed by atoms with van der Waals surface area (Å²) in [5.74, 6) is 1.19. The van der Waals surface area contributed by atoms with Crippen molar-refractivity contribution in [2.45, 2.75) is 37.4 Å². The van der Waals surface area contributed by atoms with Crippen LogP contribution in [0, 0.1) is 17.1 Å². The molecule has 0 amide bonds. The monoisotopic (exact) mass is 328 g/mol. The largest absolute Gasteiger partial charge is 0.366 e. The first kappa shape index (κ1) is 15.8. The van der Waals surface area contributed by atoms with E-state index in [-0.39, 0.29) is 5.82 Å². The van der Waals surface area contributed by atoms with Crippen molar-refractivity contribution in [2.75, 3.05) is 11.1 Å². The first-order valence-electron chi connectivity index (χ1n) is 7.68. The molecule has 0 unspecified atom stereocenters. The molecule has 1 N–H and O–H groups in total. The molecule has 0 spiro atoms. The lowest BCUT2D eigenvalue weighted by Crippen LogP contribution is -2.08. The molecule has 118 valence electrons. The minimum atomic E-state index is -0.307. The van der Waals surface area contributed by atoms with Crippen LogP contribution in [0.1, 0.15) is 31.7 Å². The van der Waals surface area contributed by atoms with E-state index in [0.717, 1.165) is 30.6 Å². The van der Waals surface area contributed by atoms with Gasteiger partial charge in [0.1, 0.15) is 23.3 Å². The van der Waals surface area contributed by atoms with Crippen LogP contribution in [0.2, 0.25) is 0 Å². The maximum absolute atomic E-state index is 13.2. The van der Waals surface area contributed by atoms with Crippen molar-refractivity contribution < 1.29 is 4.39 Å². The fraction of sp³-hybridized carbons (Fsp3) is 0.353. The number of hydrogen-bond acceptors (Lipinski definition) is 5. The number of thioether (sulfide) groups is 1. The maximum Gasteiger partial charge on any atom is 0.190 e. The van der Waals surface area contributed by atoms with Gasteiger partial charge in [-0.2, -0.15) is 5.26 Å². The number of nitrogens with one attached hydrogen (secondary N) is 1. The number of nitrogens with zero attached hydrogens (tertiary/aromatic N) is 3. The van der Waals surface area contributed by atoms with Crippen LogP contribution in [0.4, 0.5) is 10.2 Å². The zero-order valence-corrected chi connectivity index (χ0v) is 13.7. The van der Waals surface area contributed by atoms with Crippen LogP contribution in [-0.4, -0.2) is 21.8 Å². The van der Waals surface area contributed by atoms with Gasteiger partial charge in [0.2, 0.25) is 0 Å². The molecular weight excluding hydrogens is 311 g/mol. The Morgan fingerprint density at radius 1 is 1.30 bits per heavy atom. The SMILES string of the molecule is CCCSc1nc(NC2CC2)c(C#N)c(-c2ccc(F)cc2)n1. The van der Waals surface area contributed by atoms with E-state index in [0.29, 0.717) is 28.3 Å². The van der Waals surface area contributed by atoms with E-state index < -0.39 is 0 Å². The van der Waals surface area contributed by atoms with E-state index in [4.69, 9.17) is 0 Å². The molecule has 0 saturated heterocycles. The number of aromatic nitrogens is 2. The number of anilines is 1. The minimum absolute atomic E-state index is 0.307. The van der Waals surface area contributed by atoms with Gasteiger partial charge in [0.25, 0.3) is 0 Å². The van der Waals surface area contributed by atoms with Gasteiger partial charge in [0.15, 0.2) is 5.16 Å². The van der Waals surface area contributed by atoms with Crippen LogP contribution in [-0.2, 0) is 0 Å². The molecule has 2 aromatic rings. The normalized spacial score (nSPS) is 13.6. The lowest BCUT2D eigenvalue weighted by molar-refractivity contribution is 0.628. The number of halogens is 1. The number of rotatable bonds is 6. The van der Waals surface area contributed by atoms with Gasteiger partial charge in [0.05, 0.1) is 5.69 Å². The van der Waals surface area contributed by atoms with E-state index in [1.807, 2.05) is 0 Å². The summed E-state index contributed by atoms with van der Waals surface area (Å²) in [7, 11) is 0. The van der Waals surface area contributed by atoms with E-state index in [9.17, 15) is 9.65 Å². The van der Waals surface area contributed by atoms with Gasteiger partial charge in [-0.3, -0.25) is 0 Å². The van der Waals surface area contributed by atoms with Gasteiger partial charge in [-0.1, -0.05) is 18.7 Å². The molecule has 4 nitrogen and oxygen atoms in total. The van der Waals surface area contributed by atoms with Crippen LogP contribution in [0.3, 0.4) is 0 Å². The van der Waals surface area contributed by atoms with Gasteiger partial charge in [-0.05, 0) is 43.5 Å². The molecule has 1 aliphatic rings. The quantitative estimate of drug-likeness (QED) is 0.635. The van der Waals surface area contributed by atoms with Crippen LogP contribution in [0.25, 0.3) is 11.3 Å². The van der Waals surface area contributed by atoms with Gasteiger partial charge >= 0.3 is 0 Å². The van der Waals surface area contributed by atoms with Crippen molar-refractivity contribution in [1.82, 2.24) is 9.97 Å². The predicted octanol–water partition coefficient (Wildman–Crippen LogP) is 4.23. The molecule has 1 aromatic carbocycles. The summed E-state index contributed by atoms with van der Waals surface area (Å²) in [4.78, 5) is 9.05. The second-order valence-corrected chi connectivity index (χ2v) is 6.53. The average molecular weight is 328 g/mol. The molecule has 23 heavy (non-hydrogen) atoms. The predicted molar refractivity (Wildman–Crippen MR) is 89.8 cm³/mol. The number of hydrogen-bond donors (Lipinski definition) is 1. The Bertz CT molecular complexity index is 735. The second kappa shape index (κ2) is 6.97. The molecule has 3 rings (SSSR count). The lowest BCUT2D eigenvalue weighted by Gasteiger charge is -2.12. The zero-order valence-electron chi connectivity index (χ0n) is 12.8. The number of benzene rings is 1. The molecule has 0 aliphatic heterocycles. The fourth-order valence-electron chi connectivity index (χ4n) is 2.15. The van der Waals surface area contributed by atoms with Crippen LogP contribution in [0.15, 0.2) is 29.4 Å². The van der Waals surface area contributed by atoms with Crippen molar-refractivity contribution >= 4 is 17.6 Å². The van der Waals surface area contributed by atoms with Gasteiger partial charge in [-0.15, -0.1) is 0 Å². The van der Waals surface area contributed by atoms with Crippen molar-refractivity contribution in [2.24, 2.45) is 0 Å². The molecule has 6 heteroatoms. The van der Waals surface area contributed by atoms with Crippen molar-refractivity contribution in [3.63, 3.8) is 0 Å². The van der Waals surface area contributed by atoms with Gasteiger partial charge in [-0.25, -0.2) is 14.4 Å². The standard InChI is InChI=1S/C17H17FN4S/c1-2-9-23-17-21-15(11-3-5-12(18)6-4-11)14(10-19)16(22-17)20-13-7-8-13/h3-6,13H,2,7-9H2,1H3,(H,20,21,22). The van der Waals surface area contributed by atoms with E-state index in [2.05, 4.69) is 28.3 Å². The second-order valence-electron chi connectivity index (χ2n) is 5.46. The summed E-state index contributed by atoms with van der Waals surface area (Å²) in [6.45, 7) is 2.10. The average Bonchev–Trinajstić information content (AvgIpc) is 3.37. The van der Waals surface area contributed by atoms with Crippen molar-refractivity contribution in [3.8, 4) is 17.3 Å². The Kier molecular flexibility index (Phi) is 4.77. The Labute approximate surface area is 139 Å². The van der Waals surface area contributed by atoms with Crippen molar-refractivity contribution in [3.05, 3.63) is 35.6 Å². The molecule has 0 radical (unpaired) electrons. The molecular formula is C17H17FN4S. The highest BCUT2D eigenvalue weighted by Gasteiger charge is 2.25. The number of nitriles is 1. The lowest BCUT2D eigenvalue weighted by atomic mass is 10.1. The highest BCUT2D eigenvalue weighted by atomic mass is 32.2. The highest BCUT2D eigenvalue weighted by Crippen LogP contribution is 2.32. The Morgan fingerprint density at radius 2 is 2.04 bits per heavy atom. The third-order valence-corrected chi connectivity index (χ3v) is 4.52. The molecule has 1 fully saturated rings. The van der Waals surface area contributed by atoms with Crippen LogP contribution in [0.5, 0.6) is 0 Å². The summed E-state index contributed by atoms with van der Waals surface area (Å²) in [6.07, 6.45) is 3.21. The highest BCUT2D eigenvalue weighted by molar-refractivity contribution is 7.99. The Balaban J connectivity index is 2.06. The molecule has 1 heterocycles. The first-order valence-corrected chi connectivity index (χ1v) is 8.67. The summed E-state index contributed by atoms with van der Waals surface area (Å²) >= 11 is 1.57. The summed E-state index contributed by atoms with van der Waals surface area (Å²) < 4.78 is 13.2. The fourth-order valence-corrected chi connectivity index (χ4v) is 2.84. The maximum atomic E-state index is 13.2. The van der Waals surface area contributed by atoms with Crippen LogP contribution >= 0.6 is 11.8 Å². The third-order valence-electron chi connectivity index (χ3n) is 3.47. The molecule has 0 bridgehead atoms. The topological polar surface area (TPSA) is 61.6 Å². The minimum Gasteiger partial charge on any atom is -0.366 e. The zero-order chi connectivity index (χ0) is 16.2.